The largest absolute Gasteiger partial charge is 0.375 e. The van der Waals surface area contributed by atoms with Gasteiger partial charge in [0.15, 0.2) is 0 Å². The maximum atomic E-state index is 12.7. The van der Waals surface area contributed by atoms with Crippen molar-refractivity contribution in [3.8, 4) is 11.3 Å². The number of carbonyl (C=O) groups is 1. The van der Waals surface area contributed by atoms with Crippen LogP contribution < -0.4 is 5.32 Å². The Morgan fingerprint density at radius 2 is 2.16 bits per heavy atom. The van der Waals surface area contributed by atoms with Crippen LogP contribution in [0.15, 0.2) is 30.7 Å². The van der Waals surface area contributed by atoms with E-state index >= 15 is 0 Å². The number of pyridine rings is 1. The summed E-state index contributed by atoms with van der Waals surface area (Å²) in [6.07, 6.45) is 7.03. The number of nitrogens with one attached hydrogen (secondary N) is 1. The second-order valence-electron chi connectivity index (χ2n) is 6.60. The van der Waals surface area contributed by atoms with E-state index in [1.807, 2.05) is 37.2 Å². The van der Waals surface area contributed by atoms with Crippen molar-refractivity contribution >= 4 is 11.7 Å². The van der Waals surface area contributed by atoms with Gasteiger partial charge < -0.3 is 15.0 Å². The predicted molar refractivity (Wildman–Crippen MR) is 96.3 cm³/mol. The lowest BCUT2D eigenvalue weighted by atomic mass is 9.93. The lowest BCUT2D eigenvalue weighted by Gasteiger charge is -2.39. The van der Waals surface area contributed by atoms with Crippen LogP contribution in [0.25, 0.3) is 11.3 Å². The Hall–Kier alpha value is -2.41. The number of ether oxygens (including phenoxy) is 1. The monoisotopic (exact) mass is 343 g/mol. The molecule has 2 amide bonds. The van der Waals surface area contributed by atoms with Gasteiger partial charge >= 0.3 is 6.03 Å². The van der Waals surface area contributed by atoms with Gasteiger partial charge in [-0.3, -0.25) is 9.67 Å². The van der Waals surface area contributed by atoms with E-state index < -0.39 is 0 Å². The van der Waals surface area contributed by atoms with Gasteiger partial charge in [-0.2, -0.15) is 5.10 Å². The van der Waals surface area contributed by atoms with Gasteiger partial charge in [0.1, 0.15) is 0 Å². The molecular formula is C18H25N5O2. The average molecular weight is 343 g/mol. The first-order valence-corrected chi connectivity index (χ1v) is 8.65. The number of hydrogen-bond donors (Lipinski definition) is 1. The molecule has 1 aliphatic heterocycles. The third-order valence-electron chi connectivity index (χ3n) is 4.63. The minimum absolute atomic E-state index is 0.100. The van der Waals surface area contributed by atoms with Crippen LogP contribution in [0.1, 0.15) is 26.7 Å². The molecule has 1 saturated heterocycles. The zero-order valence-electron chi connectivity index (χ0n) is 15.0. The van der Waals surface area contributed by atoms with E-state index in [0.29, 0.717) is 25.4 Å². The summed E-state index contributed by atoms with van der Waals surface area (Å²) in [5, 5.41) is 7.17. The second kappa shape index (κ2) is 7.23. The maximum Gasteiger partial charge on any atom is 0.321 e. The summed E-state index contributed by atoms with van der Waals surface area (Å²) in [6, 6.07) is 3.58. The van der Waals surface area contributed by atoms with Crippen LogP contribution >= 0.6 is 0 Å². The number of aryl methyl sites for hydroxylation is 1. The Labute approximate surface area is 148 Å². The van der Waals surface area contributed by atoms with Crippen LogP contribution in [0, 0.1) is 0 Å². The third kappa shape index (κ3) is 3.99. The van der Waals surface area contributed by atoms with Crippen molar-refractivity contribution in [2.24, 2.45) is 7.05 Å². The van der Waals surface area contributed by atoms with Gasteiger partial charge in [0, 0.05) is 44.7 Å². The highest BCUT2D eigenvalue weighted by atomic mass is 16.5. The van der Waals surface area contributed by atoms with E-state index in [1.54, 1.807) is 17.1 Å². The molecule has 7 nitrogen and oxygen atoms in total. The van der Waals surface area contributed by atoms with Crippen molar-refractivity contribution in [3.63, 3.8) is 0 Å². The third-order valence-corrected chi connectivity index (χ3v) is 4.63. The van der Waals surface area contributed by atoms with Crippen molar-refractivity contribution in [3.05, 3.63) is 30.7 Å². The molecule has 3 rings (SSSR count). The highest BCUT2D eigenvalue weighted by Crippen LogP contribution is 2.28. The number of urea groups is 1. The molecule has 25 heavy (non-hydrogen) atoms. The molecule has 0 spiro atoms. The number of hydrogen-bond acceptors (Lipinski definition) is 4. The Kier molecular flexibility index (Phi) is 5.03. The molecular weight excluding hydrogens is 318 g/mol. The summed E-state index contributed by atoms with van der Waals surface area (Å²) in [7, 11) is 1.85. The second-order valence-corrected chi connectivity index (χ2v) is 6.60. The summed E-state index contributed by atoms with van der Waals surface area (Å²) in [4.78, 5) is 18.9. The molecule has 1 aliphatic rings. The standard InChI is InChI=1S/C18H25N5O2/c1-4-25-18(2)7-10-23(11-8-18)17(24)21-15-6-5-9-19-16(15)14-12-20-22(3)13-14/h5-6,9,12-13H,4,7-8,10-11H2,1-3H3,(H,21,24). The molecule has 0 aliphatic carbocycles. The zero-order chi connectivity index (χ0) is 17.9. The quantitative estimate of drug-likeness (QED) is 0.926. The number of likely N-dealkylation sites (tertiary alicyclic amines) is 1. The van der Waals surface area contributed by atoms with Gasteiger partial charge in [0.25, 0.3) is 0 Å². The zero-order valence-corrected chi connectivity index (χ0v) is 15.0. The molecule has 3 heterocycles. The van der Waals surface area contributed by atoms with Crippen molar-refractivity contribution in [1.82, 2.24) is 19.7 Å². The van der Waals surface area contributed by atoms with E-state index in [1.165, 1.54) is 0 Å². The lowest BCUT2D eigenvalue weighted by molar-refractivity contribution is -0.0589. The summed E-state index contributed by atoms with van der Waals surface area (Å²) < 4.78 is 7.54. The molecule has 0 atom stereocenters. The van der Waals surface area contributed by atoms with E-state index in [2.05, 4.69) is 22.3 Å². The van der Waals surface area contributed by atoms with Crippen LogP contribution in [-0.2, 0) is 11.8 Å². The van der Waals surface area contributed by atoms with Gasteiger partial charge in [-0.1, -0.05) is 0 Å². The number of carbonyl (C=O) groups excluding carboxylic acids is 1. The minimum Gasteiger partial charge on any atom is -0.375 e. The van der Waals surface area contributed by atoms with Gasteiger partial charge in [-0.05, 0) is 38.8 Å². The van der Waals surface area contributed by atoms with E-state index in [-0.39, 0.29) is 11.6 Å². The molecule has 7 heteroatoms. The number of nitrogens with zero attached hydrogens (tertiary/aromatic N) is 4. The predicted octanol–water partition coefficient (Wildman–Crippen LogP) is 2.91. The van der Waals surface area contributed by atoms with Gasteiger partial charge in [-0.25, -0.2) is 4.79 Å². The number of anilines is 1. The van der Waals surface area contributed by atoms with Crippen LogP contribution in [-0.4, -0.2) is 51.0 Å². The molecule has 1 N–H and O–H groups in total. The first-order chi connectivity index (χ1) is 12.0. The van der Waals surface area contributed by atoms with Crippen LogP contribution in [0.5, 0.6) is 0 Å². The molecule has 134 valence electrons. The van der Waals surface area contributed by atoms with Gasteiger partial charge in [0.05, 0.1) is 23.2 Å². The fourth-order valence-electron chi connectivity index (χ4n) is 3.15. The Balaban J connectivity index is 1.68. The lowest BCUT2D eigenvalue weighted by Crippen LogP contribution is -2.47. The molecule has 0 aromatic carbocycles. The molecule has 0 bridgehead atoms. The van der Waals surface area contributed by atoms with Crippen molar-refractivity contribution in [2.45, 2.75) is 32.3 Å². The summed E-state index contributed by atoms with van der Waals surface area (Å²) >= 11 is 0. The van der Waals surface area contributed by atoms with Crippen LogP contribution in [0.3, 0.4) is 0 Å². The van der Waals surface area contributed by atoms with Crippen LogP contribution in [0.2, 0.25) is 0 Å². The normalized spacial score (nSPS) is 16.7. The number of rotatable bonds is 4. The average Bonchev–Trinajstić information content (AvgIpc) is 3.02. The topological polar surface area (TPSA) is 72.3 Å². The van der Waals surface area contributed by atoms with Gasteiger partial charge in [-0.15, -0.1) is 0 Å². The van der Waals surface area contributed by atoms with E-state index in [4.69, 9.17) is 4.74 Å². The maximum absolute atomic E-state index is 12.7. The Morgan fingerprint density at radius 1 is 1.40 bits per heavy atom. The smallest absolute Gasteiger partial charge is 0.321 e. The molecule has 0 saturated carbocycles. The summed E-state index contributed by atoms with van der Waals surface area (Å²) in [6.45, 7) is 6.20. The van der Waals surface area contributed by atoms with E-state index in [9.17, 15) is 4.79 Å². The molecule has 0 radical (unpaired) electrons. The van der Waals surface area contributed by atoms with Crippen LogP contribution in [0.4, 0.5) is 10.5 Å². The molecule has 2 aromatic rings. The Morgan fingerprint density at radius 3 is 2.80 bits per heavy atom. The SMILES string of the molecule is CCOC1(C)CCN(C(=O)Nc2cccnc2-c2cnn(C)c2)CC1. The number of amides is 2. The van der Waals surface area contributed by atoms with Gasteiger partial charge in [0.2, 0.25) is 0 Å². The number of piperidine rings is 1. The summed E-state index contributed by atoms with van der Waals surface area (Å²) in [5.74, 6) is 0. The highest BCUT2D eigenvalue weighted by Gasteiger charge is 2.32. The van der Waals surface area contributed by atoms with E-state index in [0.717, 1.165) is 24.1 Å². The highest BCUT2D eigenvalue weighted by molar-refractivity contribution is 5.93. The van der Waals surface area contributed by atoms with Crippen molar-refractivity contribution < 1.29 is 9.53 Å². The fourth-order valence-corrected chi connectivity index (χ4v) is 3.15. The molecule has 2 aromatic heterocycles. The summed E-state index contributed by atoms with van der Waals surface area (Å²) in [5.41, 5.74) is 2.17. The van der Waals surface area contributed by atoms with Crippen molar-refractivity contribution in [2.75, 3.05) is 25.0 Å². The molecule has 0 unspecified atom stereocenters. The molecule has 1 fully saturated rings. The fraction of sp³-hybridized carbons (Fsp3) is 0.500. The van der Waals surface area contributed by atoms with Crippen molar-refractivity contribution in [1.29, 1.82) is 0 Å². The Bertz CT molecular complexity index is 735. The first-order valence-electron chi connectivity index (χ1n) is 8.65. The number of aromatic nitrogens is 3. The minimum atomic E-state index is -0.124. The first kappa shape index (κ1) is 17.4.